The Kier molecular flexibility index (Phi) is 4.29. The molecule has 0 bridgehead atoms. The zero-order chi connectivity index (χ0) is 17.1. The molecule has 0 unspecified atom stereocenters. The molecule has 0 aliphatic carbocycles. The molecule has 4 heteroatoms. The molecule has 0 amide bonds. The molecule has 0 saturated heterocycles. The standard InChI is InChI=1S/C20H18N2O2/c1-22-16(12-14-8-4-2-5-9-14)13-17(23)18(20(22)24)19(21)15-10-6-3-7-11-15/h2-11,13,21,23H,12H2,1H3. The first kappa shape index (κ1) is 15.7. The van der Waals surface area contributed by atoms with Crippen LogP contribution in [0.4, 0.5) is 0 Å². The van der Waals surface area contributed by atoms with Crippen LogP contribution < -0.4 is 5.56 Å². The first-order valence-corrected chi connectivity index (χ1v) is 7.68. The lowest BCUT2D eigenvalue weighted by atomic mass is 10.0. The van der Waals surface area contributed by atoms with Gasteiger partial charge in [0.1, 0.15) is 11.3 Å². The minimum atomic E-state index is -0.366. The number of nitrogens with one attached hydrogen (secondary N) is 1. The van der Waals surface area contributed by atoms with Crippen LogP contribution in [0.2, 0.25) is 0 Å². The molecule has 2 aromatic carbocycles. The van der Waals surface area contributed by atoms with Crippen molar-refractivity contribution in [2.24, 2.45) is 7.05 Å². The molecule has 24 heavy (non-hydrogen) atoms. The van der Waals surface area contributed by atoms with Gasteiger partial charge in [-0.25, -0.2) is 0 Å². The van der Waals surface area contributed by atoms with Crippen molar-refractivity contribution in [2.45, 2.75) is 6.42 Å². The van der Waals surface area contributed by atoms with Gasteiger partial charge < -0.3 is 9.67 Å². The van der Waals surface area contributed by atoms with Gasteiger partial charge >= 0.3 is 0 Å². The van der Waals surface area contributed by atoms with Gasteiger partial charge in [-0.2, -0.15) is 0 Å². The molecule has 1 heterocycles. The number of pyridine rings is 1. The Bertz CT molecular complexity index is 929. The molecule has 0 saturated carbocycles. The van der Waals surface area contributed by atoms with Crippen molar-refractivity contribution in [3.8, 4) is 5.75 Å². The van der Waals surface area contributed by atoms with E-state index in [1.54, 1.807) is 37.4 Å². The molecule has 2 N–H and O–H groups in total. The molecule has 0 aliphatic rings. The number of nitrogens with zero attached hydrogens (tertiary/aromatic N) is 1. The molecule has 4 nitrogen and oxygen atoms in total. The van der Waals surface area contributed by atoms with Crippen LogP contribution in [0.25, 0.3) is 0 Å². The molecule has 3 rings (SSSR count). The Balaban J connectivity index is 2.03. The SMILES string of the molecule is Cn1c(Cc2ccccc2)cc(O)c(C(=N)c2ccccc2)c1=O. The lowest BCUT2D eigenvalue weighted by Crippen LogP contribution is -2.27. The van der Waals surface area contributed by atoms with Crippen molar-refractivity contribution in [1.29, 1.82) is 5.41 Å². The summed E-state index contributed by atoms with van der Waals surface area (Å²) in [6, 6.07) is 20.3. The average Bonchev–Trinajstić information content (AvgIpc) is 2.61. The molecule has 3 aromatic rings. The van der Waals surface area contributed by atoms with Crippen molar-refractivity contribution in [3.63, 3.8) is 0 Å². The van der Waals surface area contributed by atoms with E-state index in [9.17, 15) is 9.90 Å². The van der Waals surface area contributed by atoms with E-state index in [4.69, 9.17) is 5.41 Å². The van der Waals surface area contributed by atoms with Gasteiger partial charge in [-0.3, -0.25) is 10.2 Å². The van der Waals surface area contributed by atoms with Crippen molar-refractivity contribution in [2.75, 3.05) is 0 Å². The maximum atomic E-state index is 12.7. The largest absolute Gasteiger partial charge is 0.507 e. The molecule has 1 aromatic heterocycles. The number of hydrogen-bond acceptors (Lipinski definition) is 3. The third-order valence-corrected chi connectivity index (χ3v) is 4.05. The van der Waals surface area contributed by atoms with Crippen molar-refractivity contribution < 1.29 is 5.11 Å². The molecule has 0 fully saturated rings. The van der Waals surface area contributed by atoms with Crippen LogP contribution in [0, 0.1) is 5.41 Å². The Morgan fingerprint density at radius 2 is 1.62 bits per heavy atom. The first-order valence-electron chi connectivity index (χ1n) is 7.68. The third kappa shape index (κ3) is 2.99. The zero-order valence-electron chi connectivity index (χ0n) is 13.4. The minimum absolute atomic E-state index is 0.0277. The summed E-state index contributed by atoms with van der Waals surface area (Å²) in [6.07, 6.45) is 0.541. The Morgan fingerprint density at radius 3 is 2.25 bits per heavy atom. The Hall–Kier alpha value is -3.14. The van der Waals surface area contributed by atoms with E-state index in [1.165, 1.54) is 4.57 Å². The van der Waals surface area contributed by atoms with Crippen molar-refractivity contribution in [1.82, 2.24) is 4.57 Å². The van der Waals surface area contributed by atoms with Crippen LogP contribution in [0.1, 0.15) is 22.4 Å². The molecular formula is C20H18N2O2. The normalized spacial score (nSPS) is 10.5. The van der Waals surface area contributed by atoms with Crippen LogP contribution in [0.15, 0.2) is 71.5 Å². The van der Waals surface area contributed by atoms with Gasteiger partial charge in [-0.1, -0.05) is 60.7 Å². The highest BCUT2D eigenvalue weighted by Crippen LogP contribution is 2.20. The van der Waals surface area contributed by atoms with E-state index in [0.29, 0.717) is 17.7 Å². The Labute approximate surface area is 140 Å². The van der Waals surface area contributed by atoms with Crippen LogP contribution in [0.5, 0.6) is 5.75 Å². The summed E-state index contributed by atoms with van der Waals surface area (Å²) < 4.78 is 1.50. The smallest absolute Gasteiger partial charge is 0.263 e. The van der Waals surface area contributed by atoms with Crippen molar-refractivity contribution >= 4 is 5.71 Å². The number of hydrogen-bond donors (Lipinski definition) is 2. The third-order valence-electron chi connectivity index (χ3n) is 4.05. The summed E-state index contributed by atoms with van der Waals surface area (Å²) in [5.74, 6) is -0.155. The van der Waals surface area contributed by atoms with Gasteiger partial charge in [0, 0.05) is 30.8 Å². The summed E-state index contributed by atoms with van der Waals surface area (Å²) in [5.41, 5.74) is 2.04. The van der Waals surface area contributed by atoms with Gasteiger partial charge in [0.25, 0.3) is 5.56 Å². The second kappa shape index (κ2) is 6.54. The van der Waals surface area contributed by atoms with E-state index in [-0.39, 0.29) is 22.6 Å². The summed E-state index contributed by atoms with van der Waals surface area (Å²) >= 11 is 0. The molecule has 0 spiro atoms. The first-order chi connectivity index (χ1) is 11.6. The minimum Gasteiger partial charge on any atom is -0.507 e. The summed E-state index contributed by atoms with van der Waals surface area (Å²) in [4.78, 5) is 12.7. The highest BCUT2D eigenvalue weighted by molar-refractivity contribution is 6.12. The van der Waals surface area contributed by atoms with Gasteiger partial charge in [-0.15, -0.1) is 0 Å². The molecule has 0 atom stereocenters. The fourth-order valence-corrected chi connectivity index (χ4v) is 2.69. The maximum absolute atomic E-state index is 12.7. The lowest BCUT2D eigenvalue weighted by molar-refractivity contribution is 0.469. The molecule has 0 radical (unpaired) electrons. The number of rotatable bonds is 4. The molecular weight excluding hydrogens is 300 g/mol. The lowest BCUT2D eigenvalue weighted by Gasteiger charge is -2.13. The Morgan fingerprint density at radius 1 is 1.04 bits per heavy atom. The van der Waals surface area contributed by atoms with E-state index >= 15 is 0 Å². The predicted octanol–water partition coefficient (Wildman–Crippen LogP) is 3.10. The van der Waals surface area contributed by atoms with Gasteiger partial charge in [0.2, 0.25) is 0 Å². The van der Waals surface area contributed by atoms with Gasteiger partial charge in [-0.05, 0) is 5.56 Å². The highest BCUT2D eigenvalue weighted by Gasteiger charge is 2.17. The van der Waals surface area contributed by atoms with Crippen LogP contribution >= 0.6 is 0 Å². The zero-order valence-corrected chi connectivity index (χ0v) is 13.4. The van der Waals surface area contributed by atoms with Crippen LogP contribution in [-0.4, -0.2) is 15.4 Å². The van der Waals surface area contributed by atoms with E-state index in [2.05, 4.69) is 0 Å². The number of aromatic nitrogens is 1. The summed E-state index contributed by atoms with van der Waals surface area (Å²) in [6.45, 7) is 0. The van der Waals surface area contributed by atoms with Crippen molar-refractivity contribution in [3.05, 3.63) is 99.5 Å². The quantitative estimate of drug-likeness (QED) is 0.726. The molecule has 120 valence electrons. The summed E-state index contributed by atoms with van der Waals surface area (Å²) in [5, 5.41) is 18.6. The fourth-order valence-electron chi connectivity index (χ4n) is 2.69. The van der Waals surface area contributed by atoms with Gasteiger partial charge in [0.15, 0.2) is 0 Å². The second-order valence-electron chi connectivity index (χ2n) is 5.66. The molecule has 0 aliphatic heterocycles. The summed E-state index contributed by atoms with van der Waals surface area (Å²) in [7, 11) is 1.67. The van der Waals surface area contributed by atoms with Crippen LogP contribution in [0.3, 0.4) is 0 Å². The maximum Gasteiger partial charge on any atom is 0.263 e. The highest BCUT2D eigenvalue weighted by atomic mass is 16.3. The number of benzene rings is 2. The number of aromatic hydroxyl groups is 1. The van der Waals surface area contributed by atoms with E-state index in [1.807, 2.05) is 36.4 Å². The second-order valence-corrected chi connectivity index (χ2v) is 5.66. The van der Waals surface area contributed by atoms with E-state index in [0.717, 1.165) is 5.56 Å². The van der Waals surface area contributed by atoms with Gasteiger partial charge in [0.05, 0.1) is 5.71 Å². The topological polar surface area (TPSA) is 66.1 Å². The monoisotopic (exact) mass is 318 g/mol. The predicted molar refractivity (Wildman–Crippen MR) is 95.0 cm³/mol. The van der Waals surface area contributed by atoms with Crippen LogP contribution in [-0.2, 0) is 13.5 Å². The fraction of sp³-hybridized carbons (Fsp3) is 0.100. The average molecular weight is 318 g/mol. The van der Waals surface area contributed by atoms with E-state index < -0.39 is 0 Å².